The van der Waals surface area contributed by atoms with E-state index in [-0.39, 0.29) is 6.10 Å². The number of nitrogens with zero attached hydrogens (tertiary/aromatic N) is 1. The van der Waals surface area contributed by atoms with E-state index in [4.69, 9.17) is 0 Å². The molecule has 0 radical (unpaired) electrons. The zero-order valence-electron chi connectivity index (χ0n) is 12.6. The number of benzene rings is 2. The van der Waals surface area contributed by atoms with Crippen LogP contribution in [0.25, 0.3) is 21.8 Å². The number of rotatable bonds is 5. The predicted octanol–water partition coefficient (Wildman–Crippen LogP) is 3.28. The second-order valence-corrected chi connectivity index (χ2v) is 5.59. The van der Waals surface area contributed by atoms with Crippen molar-refractivity contribution < 1.29 is 5.11 Å². The van der Waals surface area contributed by atoms with Crippen molar-refractivity contribution in [3.8, 4) is 0 Å². The van der Waals surface area contributed by atoms with Crippen molar-refractivity contribution in [2.24, 2.45) is 0 Å². The van der Waals surface area contributed by atoms with Gasteiger partial charge >= 0.3 is 0 Å². The van der Waals surface area contributed by atoms with Crippen LogP contribution >= 0.6 is 0 Å². The highest BCUT2D eigenvalue weighted by atomic mass is 16.3. The lowest BCUT2D eigenvalue weighted by molar-refractivity contribution is 0.191. The topological polar surface area (TPSA) is 37.2 Å². The van der Waals surface area contributed by atoms with Gasteiger partial charge in [-0.1, -0.05) is 24.3 Å². The molecule has 0 bridgehead atoms. The summed E-state index contributed by atoms with van der Waals surface area (Å²) in [5, 5.41) is 15.2. The maximum Gasteiger partial charge on any atom is 0.0636 e. The lowest BCUT2D eigenvalue weighted by Crippen LogP contribution is -2.23. The van der Waals surface area contributed by atoms with Crippen LogP contribution < -0.4 is 5.32 Å². The molecule has 1 aromatic heterocycles. The van der Waals surface area contributed by atoms with Crippen molar-refractivity contribution >= 4 is 21.8 Å². The molecule has 2 N–H and O–H groups in total. The van der Waals surface area contributed by atoms with Crippen LogP contribution in [0.2, 0.25) is 0 Å². The van der Waals surface area contributed by atoms with Gasteiger partial charge in [-0.25, -0.2) is 0 Å². The van der Waals surface area contributed by atoms with Gasteiger partial charge in [-0.05, 0) is 37.6 Å². The molecule has 3 nitrogen and oxygen atoms in total. The summed E-state index contributed by atoms with van der Waals surface area (Å²) in [5.74, 6) is 0. The molecule has 3 aromatic rings. The SMILES string of the molecule is CCn1c2ccccc2c2cc(CNC[C@@H](C)O)ccc21. The maximum absolute atomic E-state index is 9.31. The molecule has 1 heterocycles. The summed E-state index contributed by atoms with van der Waals surface area (Å²) in [4.78, 5) is 0. The minimum atomic E-state index is -0.310. The molecule has 1 atom stereocenters. The molecule has 0 unspecified atom stereocenters. The van der Waals surface area contributed by atoms with Gasteiger partial charge in [0, 0.05) is 41.4 Å². The van der Waals surface area contributed by atoms with E-state index in [1.807, 2.05) is 0 Å². The molecule has 0 amide bonds. The van der Waals surface area contributed by atoms with E-state index < -0.39 is 0 Å². The van der Waals surface area contributed by atoms with E-state index in [1.165, 1.54) is 27.4 Å². The second-order valence-electron chi connectivity index (χ2n) is 5.59. The number of nitrogens with one attached hydrogen (secondary N) is 1. The number of fused-ring (bicyclic) bond motifs is 3. The summed E-state index contributed by atoms with van der Waals surface area (Å²) in [6, 6.07) is 15.2. The molecule has 0 aliphatic carbocycles. The molecule has 0 saturated carbocycles. The van der Waals surface area contributed by atoms with Crippen molar-refractivity contribution in [1.82, 2.24) is 9.88 Å². The lowest BCUT2D eigenvalue weighted by atomic mass is 10.1. The number of para-hydroxylation sites is 1. The highest BCUT2D eigenvalue weighted by Gasteiger charge is 2.09. The van der Waals surface area contributed by atoms with Crippen LogP contribution in [0.3, 0.4) is 0 Å². The highest BCUT2D eigenvalue weighted by molar-refractivity contribution is 6.08. The van der Waals surface area contributed by atoms with Gasteiger partial charge in [0.15, 0.2) is 0 Å². The first-order valence-corrected chi connectivity index (χ1v) is 7.59. The van der Waals surface area contributed by atoms with Gasteiger partial charge in [0.1, 0.15) is 0 Å². The fourth-order valence-electron chi connectivity index (χ4n) is 2.98. The quantitative estimate of drug-likeness (QED) is 0.753. The molecular weight excluding hydrogens is 260 g/mol. The van der Waals surface area contributed by atoms with Crippen molar-refractivity contribution in [1.29, 1.82) is 0 Å². The number of aliphatic hydroxyl groups is 1. The number of aliphatic hydroxyl groups excluding tert-OH is 1. The van der Waals surface area contributed by atoms with Gasteiger partial charge in [-0.2, -0.15) is 0 Å². The van der Waals surface area contributed by atoms with Crippen molar-refractivity contribution in [3.05, 3.63) is 48.0 Å². The smallest absolute Gasteiger partial charge is 0.0636 e. The van der Waals surface area contributed by atoms with Gasteiger partial charge in [0.05, 0.1) is 6.10 Å². The lowest BCUT2D eigenvalue weighted by Gasteiger charge is -2.07. The Morgan fingerprint density at radius 3 is 2.62 bits per heavy atom. The normalized spacial score (nSPS) is 13.1. The van der Waals surface area contributed by atoms with Crippen molar-refractivity contribution in [2.75, 3.05) is 6.54 Å². The van der Waals surface area contributed by atoms with Crippen LogP contribution in [0, 0.1) is 0 Å². The van der Waals surface area contributed by atoms with Crippen molar-refractivity contribution in [2.45, 2.75) is 33.0 Å². The number of hydrogen-bond acceptors (Lipinski definition) is 2. The van der Waals surface area contributed by atoms with Crippen LogP contribution in [-0.4, -0.2) is 22.3 Å². The second kappa shape index (κ2) is 5.88. The third-order valence-corrected chi connectivity index (χ3v) is 3.92. The molecule has 3 rings (SSSR count). The Hall–Kier alpha value is -1.84. The van der Waals surface area contributed by atoms with Crippen LogP contribution in [0.1, 0.15) is 19.4 Å². The van der Waals surface area contributed by atoms with Crippen molar-refractivity contribution in [3.63, 3.8) is 0 Å². The monoisotopic (exact) mass is 282 g/mol. The van der Waals surface area contributed by atoms with Crippen LogP contribution in [0.5, 0.6) is 0 Å². The molecule has 21 heavy (non-hydrogen) atoms. The number of aryl methyl sites for hydroxylation is 1. The molecule has 0 spiro atoms. The fraction of sp³-hybridized carbons (Fsp3) is 0.333. The third-order valence-electron chi connectivity index (χ3n) is 3.92. The average Bonchev–Trinajstić information content (AvgIpc) is 2.80. The van der Waals surface area contributed by atoms with Crippen LogP contribution in [0.4, 0.5) is 0 Å². The highest BCUT2D eigenvalue weighted by Crippen LogP contribution is 2.29. The van der Waals surface area contributed by atoms with E-state index in [9.17, 15) is 5.11 Å². The molecular formula is C18H22N2O. The van der Waals surface area contributed by atoms with Crippen LogP contribution in [0.15, 0.2) is 42.5 Å². The Bertz CT molecular complexity index is 758. The Labute approximate surface area is 125 Å². The Balaban J connectivity index is 2.02. The molecule has 0 aliphatic heterocycles. The molecule has 2 aromatic carbocycles. The average molecular weight is 282 g/mol. The summed E-state index contributed by atoms with van der Waals surface area (Å²) in [5.41, 5.74) is 3.84. The van der Waals surface area contributed by atoms with E-state index in [1.54, 1.807) is 6.92 Å². The van der Waals surface area contributed by atoms with Gasteiger partial charge < -0.3 is 15.0 Å². The van der Waals surface area contributed by atoms with Gasteiger partial charge in [-0.15, -0.1) is 0 Å². The largest absolute Gasteiger partial charge is 0.392 e. The summed E-state index contributed by atoms with van der Waals surface area (Å²) in [7, 11) is 0. The summed E-state index contributed by atoms with van der Waals surface area (Å²) in [6.45, 7) is 6.36. The Morgan fingerprint density at radius 1 is 1.10 bits per heavy atom. The van der Waals surface area contributed by atoms with Crippen LogP contribution in [-0.2, 0) is 13.1 Å². The Kier molecular flexibility index (Phi) is 3.95. The first-order valence-electron chi connectivity index (χ1n) is 7.59. The molecule has 110 valence electrons. The molecule has 0 aliphatic rings. The van der Waals surface area contributed by atoms with E-state index in [0.29, 0.717) is 6.54 Å². The summed E-state index contributed by atoms with van der Waals surface area (Å²) in [6.07, 6.45) is -0.310. The summed E-state index contributed by atoms with van der Waals surface area (Å²) < 4.78 is 2.36. The number of aromatic nitrogens is 1. The molecule has 3 heteroatoms. The van der Waals surface area contributed by atoms with Gasteiger partial charge in [0.25, 0.3) is 0 Å². The van der Waals surface area contributed by atoms with E-state index >= 15 is 0 Å². The standard InChI is InChI=1S/C18H22N2O/c1-3-20-17-7-5-4-6-15(17)16-10-14(8-9-18(16)20)12-19-11-13(2)21/h4-10,13,19,21H,3,11-12H2,1-2H3/t13-/m1/s1. The van der Waals surface area contributed by atoms with Gasteiger partial charge in [-0.3, -0.25) is 0 Å². The maximum atomic E-state index is 9.31. The minimum absolute atomic E-state index is 0.310. The summed E-state index contributed by atoms with van der Waals surface area (Å²) >= 11 is 0. The predicted molar refractivity (Wildman–Crippen MR) is 88.5 cm³/mol. The first-order chi connectivity index (χ1) is 10.2. The first kappa shape index (κ1) is 14.1. The minimum Gasteiger partial charge on any atom is -0.392 e. The van der Waals surface area contributed by atoms with E-state index in [2.05, 4.69) is 59.3 Å². The molecule has 0 saturated heterocycles. The Morgan fingerprint density at radius 2 is 1.86 bits per heavy atom. The zero-order chi connectivity index (χ0) is 14.8. The van der Waals surface area contributed by atoms with E-state index in [0.717, 1.165) is 13.1 Å². The third kappa shape index (κ3) is 2.67. The van der Waals surface area contributed by atoms with Gasteiger partial charge in [0.2, 0.25) is 0 Å². The fourth-order valence-corrected chi connectivity index (χ4v) is 2.98. The molecule has 0 fully saturated rings. The number of hydrogen-bond donors (Lipinski definition) is 2. The zero-order valence-corrected chi connectivity index (χ0v) is 12.6.